The van der Waals surface area contributed by atoms with Crippen LogP contribution in [0.1, 0.15) is 57.6 Å². The molecule has 4 N–H and O–H groups in total. The van der Waals surface area contributed by atoms with Crippen molar-refractivity contribution in [3.05, 3.63) is 63.4 Å². The predicted octanol–water partition coefficient (Wildman–Crippen LogP) is 5.41. The molecule has 0 saturated carbocycles. The van der Waals surface area contributed by atoms with Gasteiger partial charge in [-0.1, -0.05) is 49.6 Å². The summed E-state index contributed by atoms with van der Waals surface area (Å²) >= 11 is 11.6. The number of para-hydroxylation sites is 1. The van der Waals surface area contributed by atoms with Crippen LogP contribution in [0.5, 0.6) is 5.75 Å². The van der Waals surface area contributed by atoms with Crippen molar-refractivity contribution in [2.45, 2.75) is 65.4 Å². The molecule has 1 unspecified atom stereocenters. The number of carbonyl (C=O) groups excluding carboxylic acids is 3. The fraction of sp³-hybridized carbons (Fsp3) is 0.429. The lowest BCUT2D eigenvalue weighted by atomic mass is 9.93. The first kappa shape index (κ1) is 44.4. The number of alkyl halides is 1. The van der Waals surface area contributed by atoms with Gasteiger partial charge in [0.15, 0.2) is 6.10 Å². The van der Waals surface area contributed by atoms with Crippen molar-refractivity contribution in [3.63, 3.8) is 0 Å². The Kier molecular flexibility index (Phi) is 17.9. The number of carboxylic acid groups (broad SMARTS) is 1. The highest BCUT2D eigenvalue weighted by molar-refractivity contribution is 7.51. The summed E-state index contributed by atoms with van der Waals surface area (Å²) in [5, 5.41) is 10.1. The SMILES string of the molecule is C#CC(C)Oc1cc(N2C(=O)C3=C(CCCC3)C2=O)c(F)cc1Cl.CCc1cccc(CC)c1N(COC)C(=O)CCl.O=C(O)CNCP(=O)(O)O. The molecule has 284 valence electrons. The number of terminal acetylenes is 1. The zero-order valence-electron chi connectivity index (χ0n) is 29.3. The standard InChI is InChI=1S/C18H15ClFNO3.C14H20ClNO2.C3H8NO5P/c1-3-10(2)24-16-9-15(14(20)8-13(16)19)21-17(22)11-6-4-5-7-12(11)18(21)23;1-4-11-7-6-8-12(5-2)14(11)16(10-18-3)13(17)9-15;5-3(6)1-4-2-10(7,8)9/h1,8-10H,4-7H2,2H3;6-8H,4-5,9-10H2,1-3H3;4H,1-2H2,(H,5,6)(H2,7,8,9). The van der Waals surface area contributed by atoms with E-state index in [4.69, 9.17) is 54.0 Å². The molecule has 2 aromatic carbocycles. The number of hydrogen-bond acceptors (Lipinski definition) is 8. The minimum atomic E-state index is -4.10. The molecule has 1 aliphatic heterocycles. The van der Waals surface area contributed by atoms with Gasteiger partial charge in [-0.2, -0.15) is 0 Å². The number of halogens is 3. The normalized spacial score (nSPS) is 14.3. The van der Waals surface area contributed by atoms with E-state index >= 15 is 0 Å². The Bertz CT molecular complexity index is 1690. The zero-order chi connectivity index (χ0) is 39.2. The smallest absolute Gasteiger partial charge is 0.339 e. The number of aliphatic carboxylic acids is 1. The minimum absolute atomic E-state index is 0.0233. The number of amides is 3. The van der Waals surface area contributed by atoms with Crippen LogP contribution in [0.3, 0.4) is 0 Å². The number of hydrogen-bond donors (Lipinski definition) is 4. The Morgan fingerprint density at radius 2 is 1.67 bits per heavy atom. The maximum Gasteiger partial charge on any atom is 0.339 e. The number of aryl methyl sites for hydroxylation is 2. The van der Waals surface area contributed by atoms with Gasteiger partial charge >= 0.3 is 13.6 Å². The fourth-order valence-electron chi connectivity index (χ4n) is 5.30. The number of nitrogens with one attached hydrogen (secondary N) is 1. The van der Waals surface area contributed by atoms with Crippen molar-refractivity contribution < 1.29 is 52.5 Å². The molecule has 2 aliphatic rings. The van der Waals surface area contributed by atoms with Crippen molar-refractivity contribution in [2.75, 3.05) is 42.4 Å². The van der Waals surface area contributed by atoms with Gasteiger partial charge in [0.25, 0.3) is 11.8 Å². The maximum absolute atomic E-state index is 14.4. The molecule has 3 amide bonds. The molecular formula is C35H43Cl2FN3O10P. The van der Waals surface area contributed by atoms with E-state index in [2.05, 4.69) is 25.1 Å². The van der Waals surface area contributed by atoms with E-state index in [0.29, 0.717) is 24.0 Å². The van der Waals surface area contributed by atoms with Crippen molar-refractivity contribution >= 4 is 65.9 Å². The fourth-order valence-corrected chi connectivity index (χ4v) is 6.04. The topological polar surface area (TPSA) is 183 Å². The van der Waals surface area contributed by atoms with Crippen molar-refractivity contribution in [1.82, 2.24) is 5.32 Å². The highest BCUT2D eigenvalue weighted by Gasteiger charge is 2.41. The third kappa shape index (κ3) is 12.4. The van der Waals surface area contributed by atoms with E-state index in [1.165, 1.54) is 6.07 Å². The number of nitrogens with zero attached hydrogens (tertiary/aromatic N) is 2. The second kappa shape index (κ2) is 21.0. The van der Waals surface area contributed by atoms with Crippen LogP contribution >= 0.6 is 30.8 Å². The number of ether oxygens (including phenoxy) is 2. The third-order valence-electron chi connectivity index (χ3n) is 7.67. The van der Waals surface area contributed by atoms with E-state index in [0.717, 1.165) is 53.5 Å². The van der Waals surface area contributed by atoms with E-state index in [1.807, 2.05) is 18.2 Å². The number of carboxylic acids is 1. The first-order valence-corrected chi connectivity index (χ1v) is 18.9. The number of carbonyl (C=O) groups is 4. The Labute approximate surface area is 312 Å². The first-order valence-electron chi connectivity index (χ1n) is 16.2. The molecule has 17 heteroatoms. The minimum Gasteiger partial charge on any atom is -0.480 e. The molecule has 0 aromatic heterocycles. The number of anilines is 2. The Balaban J connectivity index is 0.000000295. The molecule has 2 aromatic rings. The van der Waals surface area contributed by atoms with Crippen LogP contribution < -0.4 is 19.9 Å². The quantitative estimate of drug-likeness (QED) is 0.0670. The first-order chi connectivity index (χ1) is 24.5. The second-order valence-corrected chi connectivity index (χ2v) is 13.7. The molecule has 52 heavy (non-hydrogen) atoms. The van der Waals surface area contributed by atoms with Gasteiger partial charge in [-0.05, 0) is 62.6 Å². The lowest BCUT2D eigenvalue weighted by Gasteiger charge is -2.26. The number of benzene rings is 2. The Morgan fingerprint density at radius 1 is 1.12 bits per heavy atom. The number of rotatable bonds is 13. The van der Waals surface area contributed by atoms with Crippen LogP contribution in [-0.2, 0) is 41.3 Å². The van der Waals surface area contributed by atoms with Crippen LogP contribution in [0, 0.1) is 18.2 Å². The van der Waals surface area contributed by atoms with Gasteiger partial charge in [-0.3, -0.25) is 34.0 Å². The average molecular weight is 787 g/mol. The second-order valence-electron chi connectivity index (χ2n) is 11.4. The van der Waals surface area contributed by atoms with Gasteiger partial charge in [-0.15, -0.1) is 18.0 Å². The zero-order valence-corrected chi connectivity index (χ0v) is 31.7. The summed E-state index contributed by atoms with van der Waals surface area (Å²) in [6, 6.07) is 8.38. The van der Waals surface area contributed by atoms with Gasteiger partial charge in [0.2, 0.25) is 5.91 Å². The van der Waals surface area contributed by atoms with Gasteiger partial charge in [0.05, 0.1) is 29.2 Å². The van der Waals surface area contributed by atoms with Crippen LogP contribution in [0.4, 0.5) is 15.8 Å². The maximum atomic E-state index is 14.4. The molecule has 1 heterocycles. The van der Waals surface area contributed by atoms with Gasteiger partial charge in [0.1, 0.15) is 24.2 Å². The van der Waals surface area contributed by atoms with Crippen molar-refractivity contribution in [1.29, 1.82) is 0 Å². The summed E-state index contributed by atoms with van der Waals surface area (Å²) in [7, 11) is -2.52. The monoisotopic (exact) mass is 785 g/mol. The number of methoxy groups -OCH3 is 1. The molecular weight excluding hydrogens is 743 g/mol. The van der Waals surface area contributed by atoms with E-state index < -0.39 is 50.1 Å². The summed E-state index contributed by atoms with van der Waals surface area (Å²) in [5.41, 5.74) is 4.05. The molecule has 1 aliphatic carbocycles. The van der Waals surface area contributed by atoms with Crippen LogP contribution in [0.2, 0.25) is 5.02 Å². The molecule has 1 atom stereocenters. The van der Waals surface area contributed by atoms with Gasteiger partial charge in [-0.25, -0.2) is 9.29 Å². The van der Waals surface area contributed by atoms with Gasteiger partial charge < -0.3 is 24.4 Å². The lowest BCUT2D eigenvalue weighted by Crippen LogP contribution is -2.35. The van der Waals surface area contributed by atoms with Gasteiger partial charge in [0, 0.05) is 24.3 Å². The van der Waals surface area contributed by atoms with Crippen molar-refractivity contribution in [3.8, 4) is 18.1 Å². The third-order valence-corrected chi connectivity index (χ3v) is 8.83. The van der Waals surface area contributed by atoms with Crippen molar-refractivity contribution in [2.24, 2.45) is 0 Å². The lowest BCUT2D eigenvalue weighted by molar-refractivity contribution is -0.136. The van der Waals surface area contributed by atoms with E-state index in [1.54, 1.807) is 18.9 Å². The molecule has 0 radical (unpaired) electrons. The molecule has 0 fully saturated rings. The summed E-state index contributed by atoms with van der Waals surface area (Å²) < 4.78 is 35.0. The average Bonchev–Trinajstić information content (AvgIpc) is 3.36. The summed E-state index contributed by atoms with van der Waals surface area (Å²) in [5.74, 6) is -0.505. The highest BCUT2D eigenvalue weighted by Crippen LogP contribution is 2.40. The molecule has 0 bridgehead atoms. The largest absolute Gasteiger partial charge is 0.480 e. The number of imide groups is 1. The summed E-state index contributed by atoms with van der Waals surface area (Å²) in [6.45, 7) is 5.58. The molecule has 4 rings (SSSR count). The van der Waals surface area contributed by atoms with Crippen LogP contribution in [0.25, 0.3) is 0 Å². The van der Waals surface area contributed by atoms with Crippen LogP contribution in [-0.4, -0.2) is 77.2 Å². The highest BCUT2D eigenvalue weighted by atomic mass is 35.5. The molecule has 0 saturated heterocycles. The van der Waals surface area contributed by atoms with E-state index in [-0.39, 0.29) is 35.0 Å². The van der Waals surface area contributed by atoms with Crippen LogP contribution in [0.15, 0.2) is 41.5 Å². The Hall–Kier alpha value is -3.80. The predicted molar refractivity (Wildman–Crippen MR) is 196 cm³/mol. The summed E-state index contributed by atoms with van der Waals surface area (Å²) in [4.78, 5) is 65.7. The molecule has 0 spiro atoms. The molecule has 13 nitrogen and oxygen atoms in total. The Morgan fingerprint density at radius 3 is 2.12 bits per heavy atom. The van der Waals surface area contributed by atoms with E-state index in [9.17, 15) is 28.1 Å². The summed E-state index contributed by atoms with van der Waals surface area (Å²) in [6.07, 6.45) is 8.62.